The molecule has 1 aliphatic carbocycles. The molecule has 0 aromatic heterocycles. The van der Waals surface area contributed by atoms with Crippen molar-refractivity contribution >= 4 is 33.5 Å². The third-order valence-corrected chi connectivity index (χ3v) is 7.44. The average molecular weight is 485 g/mol. The molecule has 3 aromatic carbocycles. The Labute approximate surface area is 196 Å². The van der Waals surface area contributed by atoms with Gasteiger partial charge in [-0.1, -0.05) is 41.9 Å². The normalized spacial score (nSPS) is 15.2. The number of halogens is 1. The lowest BCUT2D eigenvalue weighted by atomic mass is 9.88. The number of sulfonamides is 1. The van der Waals surface area contributed by atoms with Crippen LogP contribution in [0.2, 0.25) is 5.02 Å². The fourth-order valence-corrected chi connectivity index (χ4v) is 5.65. The highest BCUT2D eigenvalue weighted by molar-refractivity contribution is 7.89. The van der Waals surface area contributed by atoms with Crippen molar-refractivity contribution in [3.8, 4) is 11.1 Å². The van der Waals surface area contributed by atoms with Crippen LogP contribution < -0.4 is 10.5 Å². The maximum atomic E-state index is 12.9. The Bertz CT molecular complexity index is 1350. The van der Waals surface area contributed by atoms with Gasteiger partial charge in [0, 0.05) is 11.1 Å². The Morgan fingerprint density at radius 3 is 2.39 bits per heavy atom. The first kappa shape index (κ1) is 23.0. The standard InChI is InChI=1S/C24H21ClN2O5S/c25-16-7-9-18(10-8-16)33(31,32)27-17-11-14-5-6-15(12-22(26)28)23(21(14)13-17)19-3-1-2-4-20(19)24(29)30/h1-10,17,27H,11-13H2,(H2,26,28)(H,29,30). The van der Waals surface area contributed by atoms with Gasteiger partial charge in [0.2, 0.25) is 15.9 Å². The van der Waals surface area contributed by atoms with Crippen LogP contribution in [-0.4, -0.2) is 31.4 Å². The molecule has 1 atom stereocenters. The second-order valence-corrected chi connectivity index (χ2v) is 10.1. The van der Waals surface area contributed by atoms with Gasteiger partial charge in [-0.3, -0.25) is 4.79 Å². The number of amides is 1. The van der Waals surface area contributed by atoms with E-state index >= 15 is 0 Å². The van der Waals surface area contributed by atoms with Crippen molar-refractivity contribution in [1.29, 1.82) is 0 Å². The Hall–Kier alpha value is -3.20. The molecule has 0 saturated heterocycles. The number of carbonyl (C=O) groups is 2. The Balaban J connectivity index is 1.74. The van der Waals surface area contributed by atoms with E-state index in [-0.39, 0.29) is 16.9 Å². The van der Waals surface area contributed by atoms with Gasteiger partial charge in [-0.25, -0.2) is 17.9 Å². The Morgan fingerprint density at radius 1 is 1.03 bits per heavy atom. The number of rotatable bonds is 7. The molecule has 9 heteroatoms. The number of benzene rings is 3. The van der Waals surface area contributed by atoms with Crippen LogP contribution in [-0.2, 0) is 34.1 Å². The summed E-state index contributed by atoms with van der Waals surface area (Å²) >= 11 is 5.86. The summed E-state index contributed by atoms with van der Waals surface area (Å²) in [4.78, 5) is 23.7. The maximum Gasteiger partial charge on any atom is 0.336 e. The highest BCUT2D eigenvalue weighted by Crippen LogP contribution is 2.38. The van der Waals surface area contributed by atoms with E-state index in [1.165, 1.54) is 30.3 Å². The molecule has 7 nitrogen and oxygen atoms in total. The van der Waals surface area contributed by atoms with E-state index < -0.39 is 27.9 Å². The van der Waals surface area contributed by atoms with Crippen LogP contribution in [0.1, 0.15) is 27.0 Å². The minimum Gasteiger partial charge on any atom is -0.478 e. The second kappa shape index (κ2) is 8.97. The van der Waals surface area contributed by atoms with Gasteiger partial charge in [-0.15, -0.1) is 0 Å². The van der Waals surface area contributed by atoms with Crippen LogP contribution in [0.4, 0.5) is 0 Å². The quantitative estimate of drug-likeness (QED) is 0.474. The number of nitrogens with one attached hydrogen (secondary N) is 1. The van der Waals surface area contributed by atoms with Gasteiger partial charge in [0.05, 0.1) is 16.9 Å². The van der Waals surface area contributed by atoms with Crippen molar-refractivity contribution in [2.24, 2.45) is 5.73 Å². The third-order valence-electron chi connectivity index (χ3n) is 5.65. The lowest BCUT2D eigenvalue weighted by Gasteiger charge is -2.17. The van der Waals surface area contributed by atoms with E-state index in [1.54, 1.807) is 24.3 Å². The molecule has 0 heterocycles. The van der Waals surface area contributed by atoms with Gasteiger partial charge < -0.3 is 10.8 Å². The number of hydrogen-bond acceptors (Lipinski definition) is 4. The zero-order valence-corrected chi connectivity index (χ0v) is 19.0. The molecule has 1 aliphatic rings. The molecule has 1 amide bonds. The maximum absolute atomic E-state index is 12.9. The summed E-state index contributed by atoms with van der Waals surface area (Å²) in [5.41, 5.74) is 8.95. The summed E-state index contributed by atoms with van der Waals surface area (Å²) in [6.07, 6.45) is 0.719. The van der Waals surface area contributed by atoms with Crippen LogP contribution in [0.5, 0.6) is 0 Å². The number of nitrogens with two attached hydrogens (primary N) is 1. The highest BCUT2D eigenvalue weighted by Gasteiger charge is 2.30. The molecule has 1 unspecified atom stereocenters. The summed E-state index contributed by atoms with van der Waals surface area (Å²) in [6.45, 7) is 0. The van der Waals surface area contributed by atoms with E-state index in [0.717, 1.165) is 11.1 Å². The van der Waals surface area contributed by atoms with Gasteiger partial charge in [0.15, 0.2) is 0 Å². The number of carboxylic acid groups (broad SMARTS) is 1. The molecule has 170 valence electrons. The molecule has 0 saturated carbocycles. The minimum atomic E-state index is -3.78. The van der Waals surface area contributed by atoms with Crippen molar-refractivity contribution in [1.82, 2.24) is 4.72 Å². The zero-order chi connectivity index (χ0) is 23.8. The number of carbonyl (C=O) groups excluding carboxylic acids is 1. The van der Waals surface area contributed by atoms with Crippen molar-refractivity contribution in [2.45, 2.75) is 30.2 Å². The van der Waals surface area contributed by atoms with Gasteiger partial charge in [0.25, 0.3) is 0 Å². The molecule has 0 spiro atoms. The van der Waals surface area contributed by atoms with E-state index in [9.17, 15) is 23.1 Å². The molecule has 0 aliphatic heterocycles. The molecule has 4 rings (SSSR count). The second-order valence-electron chi connectivity index (χ2n) is 7.91. The largest absolute Gasteiger partial charge is 0.478 e. The first-order valence-corrected chi connectivity index (χ1v) is 12.0. The summed E-state index contributed by atoms with van der Waals surface area (Å²) in [5, 5.41) is 10.1. The zero-order valence-electron chi connectivity index (χ0n) is 17.4. The van der Waals surface area contributed by atoms with Crippen molar-refractivity contribution in [3.05, 3.63) is 87.9 Å². The first-order chi connectivity index (χ1) is 15.7. The van der Waals surface area contributed by atoms with Gasteiger partial charge in [0.1, 0.15) is 0 Å². The van der Waals surface area contributed by atoms with Crippen molar-refractivity contribution in [2.75, 3.05) is 0 Å². The number of carboxylic acids is 1. The molecule has 4 N–H and O–H groups in total. The molecular weight excluding hydrogens is 464 g/mol. The average Bonchev–Trinajstić information content (AvgIpc) is 3.15. The first-order valence-electron chi connectivity index (χ1n) is 10.2. The molecular formula is C24H21ClN2O5S. The van der Waals surface area contributed by atoms with Crippen molar-refractivity contribution in [3.63, 3.8) is 0 Å². The van der Waals surface area contributed by atoms with E-state index in [0.29, 0.717) is 34.6 Å². The van der Waals surface area contributed by atoms with Crippen LogP contribution in [0, 0.1) is 0 Å². The molecule has 3 aromatic rings. The van der Waals surface area contributed by atoms with Crippen LogP contribution in [0.3, 0.4) is 0 Å². The fraction of sp³-hybridized carbons (Fsp3) is 0.167. The predicted molar refractivity (Wildman–Crippen MR) is 125 cm³/mol. The summed E-state index contributed by atoms with van der Waals surface area (Å²) < 4.78 is 28.5. The molecule has 0 radical (unpaired) electrons. The van der Waals surface area contributed by atoms with Crippen molar-refractivity contribution < 1.29 is 23.1 Å². The van der Waals surface area contributed by atoms with Crippen LogP contribution in [0.15, 0.2) is 65.6 Å². The molecule has 0 bridgehead atoms. The SMILES string of the molecule is NC(=O)Cc1ccc2c(c1-c1ccccc1C(=O)O)CC(NS(=O)(=O)c1ccc(Cl)cc1)C2. The van der Waals surface area contributed by atoms with E-state index in [1.807, 2.05) is 6.07 Å². The summed E-state index contributed by atoms with van der Waals surface area (Å²) in [6, 6.07) is 15.6. The number of hydrogen-bond donors (Lipinski definition) is 3. The summed E-state index contributed by atoms with van der Waals surface area (Å²) in [7, 11) is -3.78. The Morgan fingerprint density at radius 2 is 1.73 bits per heavy atom. The molecule has 33 heavy (non-hydrogen) atoms. The van der Waals surface area contributed by atoms with E-state index in [2.05, 4.69) is 4.72 Å². The topological polar surface area (TPSA) is 127 Å². The molecule has 0 fully saturated rings. The monoisotopic (exact) mass is 484 g/mol. The minimum absolute atomic E-state index is 0.0578. The summed E-state index contributed by atoms with van der Waals surface area (Å²) in [5.74, 6) is -1.63. The number of aromatic carboxylic acids is 1. The Kier molecular flexibility index (Phi) is 6.25. The third kappa shape index (κ3) is 4.78. The number of fused-ring (bicyclic) bond motifs is 1. The van der Waals surface area contributed by atoms with Gasteiger partial charge in [-0.2, -0.15) is 0 Å². The smallest absolute Gasteiger partial charge is 0.336 e. The highest BCUT2D eigenvalue weighted by atomic mass is 35.5. The lowest BCUT2D eigenvalue weighted by molar-refractivity contribution is -0.117. The van der Waals surface area contributed by atoms with Crippen LogP contribution >= 0.6 is 11.6 Å². The predicted octanol–water partition coefficient (Wildman–Crippen LogP) is 3.18. The van der Waals surface area contributed by atoms with E-state index in [4.69, 9.17) is 17.3 Å². The fourth-order valence-electron chi connectivity index (χ4n) is 4.29. The van der Waals surface area contributed by atoms with Gasteiger partial charge in [-0.05, 0) is 71.0 Å². The number of primary amides is 1. The lowest BCUT2D eigenvalue weighted by Crippen LogP contribution is -2.35. The van der Waals surface area contributed by atoms with Crippen LogP contribution in [0.25, 0.3) is 11.1 Å². The van der Waals surface area contributed by atoms with Gasteiger partial charge >= 0.3 is 5.97 Å².